The van der Waals surface area contributed by atoms with Gasteiger partial charge in [-0.1, -0.05) is 12.1 Å². The number of H-pyrrole nitrogens is 1. The molecule has 1 fully saturated rings. The maximum absolute atomic E-state index is 12.4. The molecule has 1 aromatic carbocycles. The summed E-state index contributed by atoms with van der Waals surface area (Å²) in [4.78, 5) is 31.9. The maximum Gasteiger partial charge on any atom is 0.263 e. The van der Waals surface area contributed by atoms with Crippen molar-refractivity contribution in [3.05, 3.63) is 46.4 Å². The first-order chi connectivity index (χ1) is 14.3. The number of fused-ring (bicyclic) bond motifs is 1. The van der Waals surface area contributed by atoms with Crippen molar-refractivity contribution in [2.45, 2.75) is 51.8 Å². The second-order valence-electron chi connectivity index (χ2n) is 8.42. The third-order valence-corrected chi connectivity index (χ3v) is 4.95. The van der Waals surface area contributed by atoms with Gasteiger partial charge in [0, 0.05) is 18.8 Å². The van der Waals surface area contributed by atoms with Gasteiger partial charge in [0.25, 0.3) is 11.5 Å². The van der Waals surface area contributed by atoms with E-state index in [0.29, 0.717) is 35.8 Å². The first kappa shape index (κ1) is 20.1. The molecule has 0 bridgehead atoms. The average Bonchev–Trinajstić information content (AvgIpc) is 3.36. The number of ether oxygens (including phenoxy) is 1. The largest absolute Gasteiger partial charge is 0.368 e. The first-order valence-electron chi connectivity index (χ1n) is 10.0. The van der Waals surface area contributed by atoms with Gasteiger partial charge in [0.2, 0.25) is 5.95 Å². The lowest BCUT2D eigenvalue weighted by Gasteiger charge is -2.19. The Morgan fingerprint density at radius 3 is 2.93 bits per heavy atom. The molecule has 1 amide bonds. The lowest BCUT2D eigenvalue weighted by Crippen LogP contribution is -2.26. The van der Waals surface area contributed by atoms with Crippen LogP contribution in [0.3, 0.4) is 0 Å². The zero-order valence-corrected chi connectivity index (χ0v) is 17.4. The molecular formula is C21H26N6O3. The van der Waals surface area contributed by atoms with Crippen molar-refractivity contribution in [1.29, 1.82) is 0 Å². The topological polar surface area (TPSA) is 114 Å². The van der Waals surface area contributed by atoms with Crippen molar-refractivity contribution in [3.63, 3.8) is 0 Å². The molecule has 0 saturated carbocycles. The minimum absolute atomic E-state index is 0.121. The zero-order chi connectivity index (χ0) is 21.3. The second kappa shape index (κ2) is 7.91. The number of carbonyl (C=O) groups excluding carboxylic acids is 1. The predicted molar refractivity (Wildman–Crippen MR) is 115 cm³/mol. The van der Waals surface area contributed by atoms with Gasteiger partial charge in [-0.05, 0) is 51.3 Å². The van der Waals surface area contributed by atoms with E-state index in [1.165, 1.54) is 6.20 Å². The molecule has 1 atom stereocenters. The lowest BCUT2D eigenvalue weighted by molar-refractivity contribution is -0.124. The van der Waals surface area contributed by atoms with E-state index in [4.69, 9.17) is 4.74 Å². The van der Waals surface area contributed by atoms with Gasteiger partial charge in [0.1, 0.15) is 11.5 Å². The van der Waals surface area contributed by atoms with Crippen molar-refractivity contribution < 1.29 is 9.53 Å². The summed E-state index contributed by atoms with van der Waals surface area (Å²) in [7, 11) is 0. The van der Waals surface area contributed by atoms with E-state index in [9.17, 15) is 9.59 Å². The Morgan fingerprint density at radius 1 is 1.37 bits per heavy atom. The van der Waals surface area contributed by atoms with Gasteiger partial charge in [-0.25, -0.2) is 4.68 Å². The Labute approximate surface area is 173 Å². The maximum atomic E-state index is 12.4. The molecular weight excluding hydrogens is 384 g/mol. The van der Waals surface area contributed by atoms with Gasteiger partial charge in [-0.15, -0.1) is 0 Å². The van der Waals surface area contributed by atoms with E-state index in [1.807, 2.05) is 45.0 Å². The number of hydrogen-bond donors (Lipinski definition) is 3. The summed E-state index contributed by atoms with van der Waals surface area (Å²) in [6.07, 6.45) is 2.82. The van der Waals surface area contributed by atoms with Crippen LogP contribution in [0.25, 0.3) is 11.0 Å². The number of nitrogens with zero attached hydrogens (tertiary/aromatic N) is 3. The number of nitrogens with one attached hydrogen (secondary N) is 3. The van der Waals surface area contributed by atoms with E-state index in [1.54, 1.807) is 4.68 Å². The van der Waals surface area contributed by atoms with Crippen LogP contribution in [0.2, 0.25) is 0 Å². The molecule has 158 valence electrons. The summed E-state index contributed by atoms with van der Waals surface area (Å²) >= 11 is 0. The van der Waals surface area contributed by atoms with Crippen LogP contribution in [-0.4, -0.2) is 38.4 Å². The summed E-state index contributed by atoms with van der Waals surface area (Å²) in [5.41, 5.74) is 1.64. The summed E-state index contributed by atoms with van der Waals surface area (Å²) in [5.74, 6) is 0.247. The molecule has 0 spiro atoms. The van der Waals surface area contributed by atoms with Gasteiger partial charge in [0.15, 0.2) is 5.65 Å². The van der Waals surface area contributed by atoms with Gasteiger partial charge in [0.05, 0.1) is 11.7 Å². The standard InChI is InChI=1S/C21H26N6O3/c1-21(2,3)27-17-15(12-23-27)18(28)26-20(25-17)22-11-13-6-4-7-14(10-13)24-19(29)16-8-5-9-30-16/h4,6-7,10,12,16H,5,8-9,11H2,1-3H3,(H,24,29)(H2,22,25,26,28). The third kappa shape index (κ3) is 4.20. The van der Waals surface area contributed by atoms with E-state index >= 15 is 0 Å². The normalized spacial score (nSPS) is 16.7. The Morgan fingerprint density at radius 2 is 2.20 bits per heavy atom. The minimum Gasteiger partial charge on any atom is -0.368 e. The van der Waals surface area contributed by atoms with Crippen LogP contribution in [0.15, 0.2) is 35.3 Å². The van der Waals surface area contributed by atoms with E-state index in [2.05, 4.69) is 25.7 Å². The number of aromatic amines is 1. The number of aromatic nitrogens is 4. The number of rotatable bonds is 5. The van der Waals surface area contributed by atoms with Crippen LogP contribution in [0, 0.1) is 0 Å². The Balaban J connectivity index is 1.49. The number of benzene rings is 1. The molecule has 1 unspecified atom stereocenters. The van der Waals surface area contributed by atoms with Crippen molar-refractivity contribution >= 4 is 28.6 Å². The molecule has 1 aliphatic heterocycles. The third-order valence-electron chi connectivity index (χ3n) is 4.95. The number of amides is 1. The fourth-order valence-corrected chi connectivity index (χ4v) is 3.45. The number of hydrogen-bond acceptors (Lipinski definition) is 6. The number of carbonyl (C=O) groups is 1. The van der Waals surface area contributed by atoms with Gasteiger partial charge in [-0.3, -0.25) is 14.6 Å². The second-order valence-corrected chi connectivity index (χ2v) is 8.42. The quantitative estimate of drug-likeness (QED) is 0.596. The predicted octanol–water partition coefficient (Wildman–Crippen LogP) is 2.60. The van der Waals surface area contributed by atoms with Crippen molar-refractivity contribution in [1.82, 2.24) is 19.7 Å². The van der Waals surface area contributed by atoms with Gasteiger partial charge < -0.3 is 15.4 Å². The smallest absolute Gasteiger partial charge is 0.263 e. The highest BCUT2D eigenvalue weighted by atomic mass is 16.5. The average molecular weight is 410 g/mol. The highest BCUT2D eigenvalue weighted by molar-refractivity contribution is 5.94. The summed E-state index contributed by atoms with van der Waals surface area (Å²) in [5, 5.41) is 10.8. The fourth-order valence-electron chi connectivity index (χ4n) is 3.45. The molecule has 9 nitrogen and oxygen atoms in total. The van der Waals surface area contributed by atoms with Crippen LogP contribution >= 0.6 is 0 Å². The van der Waals surface area contributed by atoms with Crippen LogP contribution < -0.4 is 16.2 Å². The van der Waals surface area contributed by atoms with Crippen LogP contribution in [0.5, 0.6) is 0 Å². The Bertz CT molecular complexity index is 1120. The van der Waals surface area contributed by atoms with Gasteiger partial charge >= 0.3 is 0 Å². The lowest BCUT2D eigenvalue weighted by atomic mass is 10.1. The Kier molecular flexibility index (Phi) is 5.29. The summed E-state index contributed by atoms with van der Waals surface area (Å²) in [6, 6.07) is 7.53. The fraction of sp³-hybridized carbons (Fsp3) is 0.429. The van der Waals surface area contributed by atoms with Crippen LogP contribution in [0.4, 0.5) is 11.6 Å². The van der Waals surface area contributed by atoms with E-state index in [0.717, 1.165) is 18.4 Å². The number of anilines is 2. The molecule has 0 aliphatic carbocycles. The van der Waals surface area contributed by atoms with Gasteiger partial charge in [-0.2, -0.15) is 10.1 Å². The van der Waals surface area contributed by atoms with Crippen LogP contribution in [-0.2, 0) is 21.6 Å². The molecule has 4 rings (SSSR count). The zero-order valence-electron chi connectivity index (χ0n) is 17.4. The Hall–Kier alpha value is -3.20. The highest BCUT2D eigenvalue weighted by Crippen LogP contribution is 2.20. The highest BCUT2D eigenvalue weighted by Gasteiger charge is 2.23. The van der Waals surface area contributed by atoms with Crippen molar-refractivity contribution in [2.75, 3.05) is 17.2 Å². The molecule has 9 heteroatoms. The molecule has 0 radical (unpaired) electrons. The molecule has 3 heterocycles. The molecule has 1 saturated heterocycles. The summed E-state index contributed by atoms with van der Waals surface area (Å²) in [6.45, 7) is 7.08. The van der Waals surface area contributed by atoms with Crippen molar-refractivity contribution in [2.24, 2.45) is 0 Å². The SMILES string of the molecule is CC(C)(C)n1ncc2c(=O)[nH]c(NCc3cccc(NC(=O)C4CCCO4)c3)nc21. The monoisotopic (exact) mass is 410 g/mol. The molecule has 3 aromatic rings. The van der Waals surface area contributed by atoms with Crippen LogP contribution in [0.1, 0.15) is 39.2 Å². The molecule has 30 heavy (non-hydrogen) atoms. The first-order valence-corrected chi connectivity index (χ1v) is 10.0. The van der Waals surface area contributed by atoms with Crippen molar-refractivity contribution in [3.8, 4) is 0 Å². The molecule has 3 N–H and O–H groups in total. The minimum atomic E-state index is -0.375. The molecule has 2 aromatic heterocycles. The molecule has 1 aliphatic rings. The summed E-state index contributed by atoms with van der Waals surface area (Å²) < 4.78 is 7.16. The van der Waals surface area contributed by atoms with E-state index < -0.39 is 0 Å². The van der Waals surface area contributed by atoms with E-state index in [-0.39, 0.29) is 23.1 Å².